The molecule has 6 heteroatoms. The molecule has 3 aromatic rings. The number of rotatable bonds is 4. The van der Waals surface area contributed by atoms with Crippen LogP contribution >= 0.6 is 0 Å². The van der Waals surface area contributed by atoms with Crippen LogP contribution in [0.5, 0.6) is 5.75 Å². The Balaban J connectivity index is 1.95. The Labute approximate surface area is 138 Å². The van der Waals surface area contributed by atoms with E-state index in [0.29, 0.717) is 17.0 Å². The zero-order valence-electron chi connectivity index (χ0n) is 13.0. The van der Waals surface area contributed by atoms with Crippen molar-refractivity contribution in [3.8, 4) is 5.75 Å². The molecule has 1 aromatic heterocycles. The van der Waals surface area contributed by atoms with E-state index in [4.69, 9.17) is 0 Å². The van der Waals surface area contributed by atoms with Gasteiger partial charge in [0.15, 0.2) is 0 Å². The number of amides is 1. The first-order chi connectivity index (χ1) is 11.5. The summed E-state index contributed by atoms with van der Waals surface area (Å²) in [7, 11) is 1.82. The summed E-state index contributed by atoms with van der Waals surface area (Å²) in [6, 6.07) is 11.4. The van der Waals surface area contributed by atoms with Gasteiger partial charge in [-0.2, -0.15) is 0 Å². The molecule has 24 heavy (non-hydrogen) atoms. The average molecular weight is 325 g/mol. The zero-order valence-corrected chi connectivity index (χ0v) is 13.0. The second-order valence-electron chi connectivity index (χ2n) is 5.40. The third-order valence-electron chi connectivity index (χ3n) is 3.70. The highest BCUT2D eigenvalue weighted by atomic mass is 19.1. The number of nitrogens with one attached hydrogen (secondary N) is 1. The van der Waals surface area contributed by atoms with Crippen molar-refractivity contribution < 1.29 is 14.3 Å². The molecule has 1 atom stereocenters. The Morgan fingerprint density at radius 2 is 2.00 bits per heavy atom. The van der Waals surface area contributed by atoms with Crippen molar-refractivity contribution in [3.05, 3.63) is 83.7 Å². The largest absolute Gasteiger partial charge is 0.508 e. The predicted molar refractivity (Wildman–Crippen MR) is 87.0 cm³/mol. The smallest absolute Gasteiger partial charge is 0.252 e. The summed E-state index contributed by atoms with van der Waals surface area (Å²) >= 11 is 0. The number of halogens is 1. The van der Waals surface area contributed by atoms with Crippen molar-refractivity contribution in [2.24, 2.45) is 7.05 Å². The van der Waals surface area contributed by atoms with E-state index in [2.05, 4.69) is 10.3 Å². The fraction of sp³-hybridized carbons (Fsp3) is 0.111. The Morgan fingerprint density at radius 3 is 2.62 bits per heavy atom. The van der Waals surface area contributed by atoms with Crippen LogP contribution in [0.15, 0.2) is 60.9 Å². The molecule has 0 aliphatic heterocycles. The average Bonchev–Trinajstić information content (AvgIpc) is 2.99. The molecule has 2 N–H and O–H groups in total. The van der Waals surface area contributed by atoms with Gasteiger partial charge in [0.1, 0.15) is 23.4 Å². The van der Waals surface area contributed by atoms with Gasteiger partial charge in [0, 0.05) is 25.0 Å². The fourth-order valence-electron chi connectivity index (χ4n) is 2.47. The van der Waals surface area contributed by atoms with Crippen LogP contribution in [-0.4, -0.2) is 20.6 Å². The first-order valence-electron chi connectivity index (χ1n) is 7.37. The highest BCUT2D eigenvalue weighted by molar-refractivity contribution is 5.95. The lowest BCUT2D eigenvalue weighted by molar-refractivity contribution is 0.0940. The topological polar surface area (TPSA) is 67.2 Å². The Morgan fingerprint density at radius 1 is 1.25 bits per heavy atom. The number of hydrogen-bond donors (Lipinski definition) is 2. The van der Waals surface area contributed by atoms with E-state index in [1.54, 1.807) is 41.2 Å². The predicted octanol–water partition coefficient (Wildman–Crippen LogP) is 2.78. The number of aromatic nitrogens is 2. The van der Waals surface area contributed by atoms with Gasteiger partial charge in [-0.05, 0) is 35.9 Å². The maximum Gasteiger partial charge on any atom is 0.252 e. The molecular weight excluding hydrogens is 309 g/mol. The zero-order chi connectivity index (χ0) is 17.1. The summed E-state index contributed by atoms with van der Waals surface area (Å²) in [5.41, 5.74) is 1.04. The lowest BCUT2D eigenvalue weighted by atomic mass is 10.1. The third-order valence-corrected chi connectivity index (χ3v) is 3.70. The summed E-state index contributed by atoms with van der Waals surface area (Å²) in [5.74, 6) is -0.0760. The van der Waals surface area contributed by atoms with Gasteiger partial charge in [-0.15, -0.1) is 0 Å². The van der Waals surface area contributed by atoms with Crippen molar-refractivity contribution in [3.63, 3.8) is 0 Å². The highest BCUT2D eigenvalue weighted by Crippen LogP contribution is 2.22. The van der Waals surface area contributed by atoms with Crippen LogP contribution < -0.4 is 5.32 Å². The number of phenolic OH excluding ortho intramolecular Hbond substituents is 1. The standard InChI is InChI=1S/C18H16FN3O2/c1-22-10-9-20-17(22)16(12-5-7-14(19)8-6-12)21-18(24)13-3-2-4-15(23)11-13/h2-11,16,23H,1H3,(H,21,24). The lowest BCUT2D eigenvalue weighted by Gasteiger charge is -2.19. The number of aryl methyl sites for hydroxylation is 1. The Hall–Kier alpha value is -3.15. The number of nitrogens with zero attached hydrogens (tertiary/aromatic N) is 2. The van der Waals surface area contributed by atoms with Crippen LogP contribution in [0.3, 0.4) is 0 Å². The molecule has 0 bridgehead atoms. The SMILES string of the molecule is Cn1ccnc1C(NC(=O)c1cccc(O)c1)c1ccc(F)cc1. The summed E-state index contributed by atoms with van der Waals surface area (Å²) in [6.45, 7) is 0. The van der Waals surface area contributed by atoms with E-state index in [-0.39, 0.29) is 17.5 Å². The Kier molecular flexibility index (Phi) is 4.29. The molecule has 0 saturated carbocycles. The number of benzene rings is 2. The van der Waals surface area contributed by atoms with E-state index in [0.717, 1.165) is 0 Å². The number of aromatic hydroxyl groups is 1. The van der Waals surface area contributed by atoms with Gasteiger partial charge < -0.3 is 15.0 Å². The minimum absolute atomic E-state index is 0.0120. The van der Waals surface area contributed by atoms with Gasteiger partial charge in [0.25, 0.3) is 5.91 Å². The molecule has 1 heterocycles. The molecule has 2 aromatic carbocycles. The first-order valence-corrected chi connectivity index (χ1v) is 7.37. The maximum atomic E-state index is 13.2. The molecule has 3 rings (SSSR count). The number of imidazole rings is 1. The first kappa shape index (κ1) is 15.7. The second-order valence-corrected chi connectivity index (χ2v) is 5.40. The van der Waals surface area contributed by atoms with Crippen LogP contribution in [0, 0.1) is 5.82 Å². The van der Waals surface area contributed by atoms with Crippen molar-refractivity contribution in [1.29, 1.82) is 0 Å². The number of phenols is 1. The van der Waals surface area contributed by atoms with Crippen LogP contribution in [0.25, 0.3) is 0 Å². The van der Waals surface area contributed by atoms with Crippen molar-refractivity contribution in [2.75, 3.05) is 0 Å². The van der Waals surface area contributed by atoms with Crippen LogP contribution in [-0.2, 0) is 7.05 Å². The van der Waals surface area contributed by atoms with Gasteiger partial charge in [0.05, 0.1) is 0 Å². The fourth-order valence-corrected chi connectivity index (χ4v) is 2.47. The number of hydrogen-bond acceptors (Lipinski definition) is 3. The quantitative estimate of drug-likeness (QED) is 0.775. The molecular formula is C18H16FN3O2. The van der Waals surface area contributed by atoms with Crippen molar-refractivity contribution in [1.82, 2.24) is 14.9 Å². The lowest BCUT2D eigenvalue weighted by Crippen LogP contribution is -2.31. The van der Waals surface area contributed by atoms with Gasteiger partial charge in [0.2, 0.25) is 0 Å². The van der Waals surface area contributed by atoms with Gasteiger partial charge in [-0.1, -0.05) is 18.2 Å². The van der Waals surface area contributed by atoms with Crippen LogP contribution in [0.2, 0.25) is 0 Å². The molecule has 1 unspecified atom stereocenters. The maximum absolute atomic E-state index is 13.2. The van der Waals surface area contributed by atoms with E-state index < -0.39 is 6.04 Å². The minimum atomic E-state index is -0.541. The Bertz CT molecular complexity index is 859. The van der Waals surface area contributed by atoms with Crippen LogP contribution in [0.1, 0.15) is 27.8 Å². The molecule has 0 saturated heterocycles. The van der Waals surface area contributed by atoms with Gasteiger partial charge in [-0.25, -0.2) is 9.37 Å². The number of carbonyl (C=O) groups is 1. The monoisotopic (exact) mass is 325 g/mol. The number of carbonyl (C=O) groups excluding carboxylic acids is 1. The molecule has 0 radical (unpaired) electrons. The highest BCUT2D eigenvalue weighted by Gasteiger charge is 2.21. The van der Waals surface area contributed by atoms with E-state index in [1.807, 2.05) is 7.05 Å². The van der Waals surface area contributed by atoms with E-state index in [1.165, 1.54) is 24.3 Å². The second kappa shape index (κ2) is 6.54. The molecule has 122 valence electrons. The molecule has 0 fully saturated rings. The normalized spacial score (nSPS) is 11.9. The van der Waals surface area contributed by atoms with E-state index in [9.17, 15) is 14.3 Å². The van der Waals surface area contributed by atoms with Crippen molar-refractivity contribution >= 4 is 5.91 Å². The third kappa shape index (κ3) is 3.27. The summed E-state index contributed by atoms with van der Waals surface area (Å²) < 4.78 is 15.0. The van der Waals surface area contributed by atoms with E-state index >= 15 is 0 Å². The van der Waals surface area contributed by atoms with Gasteiger partial charge >= 0.3 is 0 Å². The molecule has 1 amide bonds. The molecule has 5 nitrogen and oxygen atoms in total. The van der Waals surface area contributed by atoms with Crippen LogP contribution in [0.4, 0.5) is 4.39 Å². The summed E-state index contributed by atoms with van der Waals surface area (Å²) in [6.07, 6.45) is 3.40. The molecule has 0 aliphatic carbocycles. The van der Waals surface area contributed by atoms with Gasteiger partial charge in [-0.3, -0.25) is 4.79 Å². The summed E-state index contributed by atoms with van der Waals surface area (Å²) in [5, 5.41) is 12.4. The molecule has 0 aliphatic rings. The minimum Gasteiger partial charge on any atom is -0.508 e. The van der Waals surface area contributed by atoms with Crippen molar-refractivity contribution in [2.45, 2.75) is 6.04 Å². The summed E-state index contributed by atoms with van der Waals surface area (Å²) in [4.78, 5) is 16.8. The molecule has 0 spiro atoms.